The molecule has 2 rings (SSSR count). The number of aromatic amines is 1. The molecule has 0 bridgehead atoms. The van der Waals surface area contributed by atoms with Gasteiger partial charge < -0.3 is 0 Å². The summed E-state index contributed by atoms with van der Waals surface area (Å²) in [5.74, 6) is 0. The number of allylic oxidation sites excluding steroid dienone is 1. The first-order valence-corrected chi connectivity index (χ1v) is 5.53. The van der Waals surface area contributed by atoms with Gasteiger partial charge in [-0.3, -0.25) is 5.10 Å². The lowest BCUT2D eigenvalue weighted by Gasteiger charge is -2.24. The highest BCUT2D eigenvalue weighted by Gasteiger charge is 2.21. The van der Waals surface area contributed by atoms with Gasteiger partial charge in [0, 0.05) is 5.39 Å². The zero-order chi connectivity index (χ0) is 11.9. The minimum Gasteiger partial charge on any atom is -0.278 e. The van der Waals surface area contributed by atoms with Gasteiger partial charge in [-0.05, 0) is 29.5 Å². The van der Waals surface area contributed by atoms with Crippen LogP contribution in [-0.2, 0) is 5.41 Å². The smallest absolute Gasteiger partial charge is 0.0653 e. The lowest BCUT2D eigenvalue weighted by atomic mass is 9.80. The summed E-state index contributed by atoms with van der Waals surface area (Å²) in [4.78, 5) is 0. The van der Waals surface area contributed by atoms with Gasteiger partial charge in [-0.1, -0.05) is 39.0 Å². The van der Waals surface area contributed by atoms with Crippen molar-refractivity contribution in [1.29, 1.82) is 0 Å². The van der Waals surface area contributed by atoms with Gasteiger partial charge in [0.05, 0.1) is 11.7 Å². The molecule has 0 unspecified atom stereocenters. The van der Waals surface area contributed by atoms with Crippen LogP contribution in [0, 0.1) is 0 Å². The number of aromatic nitrogens is 2. The van der Waals surface area contributed by atoms with Crippen LogP contribution in [0.15, 0.2) is 24.9 Å². The minimum absolute atomic E-state index is 0.0949. The highest BCUT2D eigenvalue weighted by molar-refractivity contribution is 5.88. The number of H-pyrrole nitrogens is 1. The van der Waals surface area contributed by atoms with E-state index in [2.05, 4.69) is 56.6 Å². The third-order valence-electron chi connectivity index (χ3n) is 2.83. The summed E-state index contributed by atoms with van der Waals surface area (Å²) in [6.45, 7) is 12.8. The fourth-order valence-electron chi connectivity index (χ4n) is 2.18. The zero-order valence-electron chi connectivity index (χ0n) is 10.4. The lowest BCUT2D eigenvalue weighted by Crippen LogP contribution is -2.14. The molecular weight excluding hydrogens is 196 g/mol. The van der Waals surface area contributed by atoms with Gasteiger partial charge in [0.1, 0.15) is 0 Å². The molecule has 84 valence electrons. The Morgan fingerprint density at radius 2 is 2.00 bits per heavy atom. The second kappa shape index (κ2) is 3.48. The molecule has 0 saturated heterocycles. The fourth-order valence-corrected chi connectivity index (χ4v) is 2.18. The van der Waals surface area contributed by atoms with Crippen LogP contribution in [0.25, 0.3) is 16.5 Å². The molecule has 0 aliphatic rings. The first-order valence-electron chi connectivity index (χ1n) is 5.53. The van der Waals surface area contributed by atoms with E-state index in [0.717, 1.165) is 11.1 Å². The summed E-state index contributed by atoms with van der Waals surface area (Å²) in [7, 11) is 0. The van der Waals surface area contributed by atoms with Crippen molar-refractivity contribution < 1.29 is 0 Å². The SMILES string of the molecule is C=C(C)c1ccc2[nH]ncc2c1C(C)(C)C. The number of hydrogen-bond acceptors (Lipinski definition) is 1. The Morgan fingerprint density at radius 1 is 1.31 bits per heavy atom. The Morgan fingerprint density at radius 3 is 2.56 bits per heavy atom. The van der Waals surface area contributed by atoms with Crippen LogP contribution in [0.4, 0.5) is 0 Å². The molecule has 2 nitrogen and oxygen atoms in total. The summed E-state index contributed by atoms with van der Waals surface area (Å²) in [6, 6.07) is 4.20. The molecule has 0 spiro atoms. The summed E-state index contributed by atoms with van der Waals surface area (Å²) < 4.78 is 0. The molecule has 0 aliphatic heterocycles. The molecule has 0 aliphatic carbocycles. The third-order valence-corrected chi connectivity index (χ3v) is 2.83. The topological polar surface area (TPSA) is 28.7 Å². The summed E-state index contributed by atoms with van der Waals surface area (Å²) in [6.07, 6.45) is 1.91. The van der Waals surface area contributed by atoms with E-state index < -0.39 is 0 Å². The fraction of sp³-hybridized carbons (Fsp3) is 0.357. The average Bonchev–Trinajstić information content (AvgIpc) is 2.61. The van der Waals surface area contributed by atoms with Crippen molar-refractivity contribution in [1.82, 2.24) is 10.2 Å². The van der Waals surface area contributed by atoms with Crippen LogP contribution >= 0.6 is 0 Å². The molecule has 1 heterocycles. The molecule has 0 amide bonds. The highest BCUT2D eigenvalue weighted by atomic mass is 15.1. The summed E-state index contributed by atoms with van der Waals surface area (Å²) in [5, 5.41) is 8.34. The van der Waals surface area contributed by atoms with Gasteiger partial charge in [0.2, 0.25) is 0 Å². The molecule has 1 N–H and O–H groups in total. The molecular formula is C14H18N2. The van der Waals surface area contributed by atoms with Crippen LogP contribution < -0.4 is 0 Å². The van der Waals surface area contributed by atoms with E-state index in [-0.39, 0.29) is 5.41 Å². The van der Waals surface area contributed by atoms with Crippen LogP contribution in [-0.4, -0.2) is 10.2 Å². The molecule has 0 fully saturated rings. The molecule has 0 radical (unpaired) electrons. The van der Waals surface area contributed by atoms with Crippen molar-refractivity contribution in [2.75, 3.05) is 0 Å². The van der Waals surface area contributed by atoms with E-state index in [9.17, 15) is 0 Å². The molecule has 2 heteroatoms. The van der Waals surface area contributed by atoms with Gasteiger partial charge in [-0.15, -0.1) is 0 Å². The van der Waals surface area contributed by atoms with Crippen molar-refractivity contribution in [2.45, 2.75) is 33.1 Å². The highest BCUT2D eigenvalue weighted by Crippen LogP contribution is 2.35. The normalized spacial score (nSPS) is 12.0. The van der Waals surface area contributed by atoms with Gasteiger partial charge in [0.15, 0.2) is 0 Å². The van der Waals surface area contributed by atoms with E-state index in [4.69, 9.17) is 0 Å². The Bertz CT molecular complexity index is 541. The van der Waals surface area contributed by atoms with Crippen LogP contribution in [0.2, 0.25) is 0 Å². The van der Waals surface area contributed by atoms with Gasteiger partial charge >= 0.3 is 0 Å². The lowest BCUT2D eigenvalue weighted by molar-refractivity contribution is 0.594. The predicted molar refractivity (Wildman–Crippen MR) is 69.5 cm³/mol. The number of fused-ring (bicyclic) bond motifs is 1. The summed E-state index contributed by atoms with van der Waals surface area (Å²) >= 11 is 0. The average molecular weight is 214 g/mol. The van der Waals surface area contributed by atoms with Crippen molar-refractivity contribution >= 4 is 16.5 Å². The van der Waals surface area contributed by atoms with Gasteiger partial charge in [-0.25, -0.2) is 0 Å². The van der Waals surface area contributed by atoms with E-state index in [1.54, 1.807) is 0 Å². The maximum atomic E-state index is 4.12. The number of rotatable bonds is 1. The van der Waals surface area contributed by atoms with Crippen molar-refractivity contribution in [3.8, 4) is 0 Å². The first-order chi connectivity index (χ1) is 7.41. The molecule has 2 aromatic rings. The summed E-state index contributed by atoms with van der Waals surface area (Å²) in [5.41, 5.74) is 4.85. The Balaban J connectivity index is 2.86. The standard InChI is InChI=1S/C14H18N2/c1-9(2)10-6-7-12-11(8-15-16-12)13(10)14(3,4)5/h6-8H,1H2,2-5H3,(H,15,16). The number of hydrogen-bond donors (Lipinski definition) is 1. The second-order valence-electron chi connectivity index (χ2n) is 5.35. The minimum atomic E-state index is 0.0949. The zero-order valence-corrected chi connectivity index (χ0v) is 10.4. The van der Waals surface area contributed by atoms with Crippen LogP contribution in [0.5, 0.6) is 0 Å². The van der Waals surface area contributed by atoms with Crippen LogP contribution in [0.1, 0.15) is 38.8 Å². The largest absolute Gasteiger partial charge is 0.278 e. The number of nitrogens with zero attached hydrogens (tertiary/aromatic N) is 1. The Labute approximate surface area is 96.4 Å². The van der Waals surface area contributed by atoms with Crippen molar-refractivity contribution in [3.63, 3.8) is 0 Å². The van der Waals surface area contributed by atoms with Crippen molar-refractivity contribution in [3.05, 3.63) is 36.0 Å². The molecule has 0 saturated carbocycles. The first kappa shape index (κ1) is 10.9. The molecule has 1 aromatic carbocycles. The number of nitrogens with one attached hydrogen (secondary N) is 1. The Kier molecular flexibility index (Phi) is 2.38. The quantitative estimate of drug-likeness (QED) is 0.766. The maximum Gasteiger partial charge on any atom is 0.0653 e. The third kappa shape index (κ3) is 1.64. The predicted octanol–water partition coefficient (Wildman–Crippen LogP) is 3.89. The molecule has 16 heavy (non-hydrogen) atoms. The molecule has 0 atom stereocenters. The van der Waals surface area contributed by atoms with E-state index >= 15 is 0 Å². The van der Waals surface area contributed by atoms with E-state index in [1.165, 1.54) is 16.5 Å². The monoisotopic (exact) mass is 214 g/mol. The maximum absolute atomic E-state index is 4.12. The number of benzene rings is 1. The molecule has 1 aromatic heterocycles. The van der Waals surface area contributed by atoms with Gasteiger partial charge in [-0.2, -0.15) is 5.10 Å². The Hall–Kier alpha value is -1.57. The van der Waals surface area contributed by atoms with E-state index in [1.807, 2.05) is 6.20 Å². The second-order valence-corrected chi connectivity index (χ2v) is 5.35. The van der Waals surface area contributed by atoms with E-state index in [0.29, 0.717) is 0 Å². The van der Waals surface area contributed by atoms with Gasteiger partial charge in [0.25, 0.3) is 0 Å². The van der Waals surface area contributed by atoms with Crippen molar-refractivity contribution in [2.24, 2.45) is 0 Å². The van der Waals surface area contributed by atoms with Crippen LogP contribution in [0.3, 0.4) is 0 Å².